The van der Waals surface area contributed by atoms with E-state index in [9.17, 15) is 8.78 Å². The van der Waals surface area contributed by atoms with E-state index in [-0.39, 0.29) is 6.42 Å². The number of halogens is 3. The molecule has 0 radical (unpaired) electrons. The third kappa shape index (κ3) is 3.37. The molecule has 0 bridgehead atoms. The fourth-order valence-corrected chi connectivity index (χ4v) is 2.85. The van der Waals surface area contributed by atoms with Gasteiger partial charge in [-0.1, -0.05) is 31.5 Å². The van der Waals surface area contributed by atoms with Crippen molar-refractivity contribution < 1.29 is 8.78 Å². The summed E-state index contributed by atoms with van der Waals surface area (Å²) in [5, 5.41) is 1.68. The van der Waals surface area contributed by atoms with Crippen LogP contribution in [0.4, 0.5) is 8.78 Å². The Bertz CT molecular complexity index is 823. The predicted octanol–water partition coefficient (Wildman–Crippen LogP) is 5.81. The van der Waals surface area contributed by atoms with Gasteiger partial charge in [-0.25, -0.2) is 8.78 Å². The summed E-state index contributed by atoms with van der Waals surface area (Å²) in [5.74, 6) is 0.403. The molecule has 0 amide bonds. The summed E-state index contributed by atoms with van der Waals surface area (Å²) in [4.78, 5) is 7.49. The molecule has 0 saturated heterocycles. The molecule has 0 unspecified atom stereocenters. The molecule has 1 aromatic carbocycles. The first kappa shape index (κ1) is 15.9. The van der Waals surface area contributed by atoms with Gasteiger partial charge in [-0.3, -0.25) is 4.98 Å². The molecule has 2 aromatic heterocycles. The van der Waals surface area contributed by atoms with Crippen LogP contribution in [0.25, 0.3) is 22.0 Å². The van der Waals surface area contributed by atoms with Crippen molar-refractivity contribution in [1.29, 1.82) is 0 Å². The van der Waals surface area contributed by atoms with E-state index < -0.39 is 6.43 Å². The van der Waals surface area contributed by atoms with Crippen molar-refractivity contribution in [3.05, 3.63) is 52.9 Å². The molecule has 0 aliphatic heterocycles. The second-order valence-corrected chi connectivity index (χ2v) is 6.34. The Morgan fingerprint density at radius 2 is 1.96 bits per heavy atom. The highest BCUT2D eigenvalue weighted by Crippen LogP contribution is 2.33. The molecule has 1 N–H and O–H groups in total. The molecule has 5 heteroatoms. The number of fused-ring (bicyclic) bond motifs is 1. The molecule has 0 atom stereocenters. The fourth-order valence-electron chi connectivity index (χ4n) is 2.57. The summed E-state index contributed by atoms with van der Waals surface area (Å²) in [6.07, 6.45) is -1.12. The number of pyridine rings is 1. The average molecular weight is 335 g/mol. The van der Waals surface area contributed by atoms with Crippen molar-refractivity contribution in [1.82, 2.24) is 9.97 Å². The lowest BCUT2D eigenvalue weighted by Gasteiger charge is -2.06. The molecule has 2 heterocycles. The highest BCUT2D eigenvalue weighted by molar-refractivity contribution is 6.34. The second-order valence-electron chi connectivity index (χ2n) is 5.93. The first-order valence-corrected chi connectivity index (χ1v) is 7.87. The minimum atomic E-state index is -2.39. The van der Waals surface area contributed by atoms with E-state index in [4.69, 9.17) is 11.6 Å². The monoisotopic (exact) mass is 334 g/mol. The summed E-state index contributed by atoms with van der Waals surface area (Å²) in [5.41, 5.74) is 4.19. The van der Waals surface area contributed by atoms with Gasteiger partial charge in [0.05, 0.1) is 6.42 Å². The molecular formula is C18H17ClF2N2. The first-order valence-electron chi connectivity index (χ1n) is 7.49. The van der Waals surface area contributed by atoms with Crippen LogP contribution in [0.3, 0.4) is 0 Å². The average Bonchev–Trinajstić information content (AvgIpc) is 2.90. The summed E-state index contributed by atoms with van der Waals surface area (Å²) in [6.45, 7) is 4.25. The van der Waals surface area contributed by atoms with Gasteiger partial charge in [0.1, 0.15) is 0 Å². The van der Waals surface area contributed by atoms with Gasteiger partial charge < -0.3 is 4.98 Å². The second kappa shape index (κ2) is 6.28. The van der Waals surface area contributed by atoms with Gasteiger partial charge in [0.15, 0.2) is 0 Å². The summed E-state index contributed by atoms with van der Waals surface area (Å²) >= 11 is 6.39. The quantitative estimate of drug-likeness (QED) is 0.640. The van der Waals surface area contributed by atoms with Crippen LogP contribution in [0.5, 0.6) is 0 Å². The zero-order valence-corrected chi connectivity index (χ0v) is 13.7. The Morgan fingerprint density at radius 1 is 1.17 bits per heavy atom. The molecule has 2 nitrogen and oxygen atoms in total. The number of hydrogen-bond acceptors (Lipinski definition) is 1. The Hall–Kier alpha value is -1.94. The molecule has 0 aliphatic carbocycles. The standard InChI is InChI=1S/C18H17ClF2N2/c1-10(2)16-6-12-5-15(19)14(8-17(12)23-16)11-3-4-13(22-9-11)7-18(20)21/h3-6,8-10,18,23H,7H2,1-2H3. The van der Waals surface area contributed by atoms with Crippen molar-refractivity contribution >= 4 is 22.5 Å². The van der Waals surface area contributed by atoms with Crippen LogP contribution in [0.1, 0.15) is 31.2 Å². The van der Waals surface area contributed by atoms with E-state index in [2.05, 4.69) is 29.9 Å². The van der Waals surface area contributed by atoms with Crippen LogP contribution in [-0.4, -0.2) is 16.4 Å². The smallest absolute Gasteiger partial charge is 0.244 e. The fraction of sp³-hybridized carbons (Fsp3) is 0.278. The first-order chi connectivity index (χ1) is 10.9. The SMILES string of the molecule is CC(C)c1cc2cc(Cl)c(-c3ccc(CC(F)F)nc3)cc2[nH]1. The van der Waals surface area contributed by atoms with Crippen molar-refractivity contribution in [2.24, 2.45) is 0 Å². The molecule has 0 spiro atoms. The van der Waals surface area contributed by atoms with Crippen LogP contribution >= 0.6 is 11.6 Å². The number of alkyl halides is 2. The molecule has 3 aromatic rings. The van der Waals surface area contributed by atoms with E-state index in [1.165, 1.54) is 0 Å². The highest BCUT2D eigenvalue weighted by atomic mass is 35.5. The van der Waals surface area contributed by atoms with E-state index in [0.717, 1.165) is 27.7 Å². The summed E-state index contributed by atoms with van der Waals surface area (Å²) in [6, 6.07) is 9.40. The maximum Gasteiger partial charge on any atom is 0.244 e. The lowest BCUT2D eigenvalue weighted by Crippen LogP contribution is -1.99. The topological polar surface area (TPSA) is 28.7 Å². The minimum absolute atomic E-state index is 0.332. The Balaban J connectivity index is 2.00. The van der Waals surface area contributed by atoms with Gasteiger partial charge in [-0.15, -0.1) is 0 Å². The van der Waals surface area contributed by atoms with Gasteiger partial charge in [0, 0.05) is 44.6 Å². The zero-order valence-electron chi connectivity index (χ0n) is 12.9. The van der Waals surface area contributed by atoms with E-state index in [1.807, 2.05) is 12.1 Å². The lowest BCUT2D eigenvalue weighted by atomic mass is 10.1. The summed E-state index contributed by atoms with van der Waals surface area (Å²) < 4.78 is 24.8. The zero-order chi connectivity index (χ0) is 16.6. The van der Waals surface area contributed by atoms with E-state index in [0.29, 0.717) is 16.6 Å². The largest absolute Gasteiger partial charge is 0.358 e. The number of aromatic nitrogens is 2. The third-order valence-corrected chi connectivity index (χ3v) is 4.16. The van der Waals surface area contributed by atoms with Gasteiger partial charge in [-0.05, 0) is 30.2 Å². The molecule has 0 saturated carbocycles. The molecular weight excluding hydrogens is 318 g/mol. The van der Waals surface area contributed by atoms with Gasteiger partial charge in [0.25, 0.3) is 0 Å². The molecule has 120 valence electrons. The highest BCUT2D eigenvalue weighted by Gasteiger charge is 2.11. The van der Waals surface area contributed by atoms with Crippen LogP contribution in [0, 0.1) is 0 Å². The Labute approximate surface area is 138 Å². The van der Waals surface area contributed by atoms with Crippen molar-refractivity contribution in [3.8, 4) is 11.1 Å². The number of hydrogen-bond donors (Lipinski definition) is 1. The molecule has 23 heavy (non-hydrogen) atoms. The molecule has 3 rings (SSSR count). The maximum absolute atomic E-state index is 12.4. The normalized spacial score (nSPS) is 11.8. The van der Waals surface area contributed by atoms with E-state index in [1.54, 1.807) is 18.3 Å². The van der Waals surface area contributed by atoms with Gasteiger partial charge in [-0.2, -0.15) is 0 Å². The Kier molecular flexibility index (Phi) is 4.35. The number of rotatable bonds is 4. The predicted molar refractivity (Wildman–Crippen MR) is 90.3 cm³/mol. The van der Waals surface area contributed by atoms with Crippen LogP contribution in [-0.2, 0) is 6.42 Å². The van der Waals surface area contributed by atoms with Crippen molar-refractivity contribution in [2.75, 3.05) is 0 Å². The number of H-pyrrole nitrogens is 1. The summed E-state index contributed by atoms with van der Waals surface area (Å²) in [7, 11) is 0. The lowest BCUT2D eigenvalue weighted by molar-refractivity contribution is 0.148. The number of benzene rings is 1. The van der Waals surface area contributed by atoms with Crippen LogP contribution in [0.2, 0.25) is 5.02 Å². The van der Waals surface area contributed by atoms with E-state index >= 15 is 0 Å². The number of nitrogens with zero attached hydrogens (tertiary/aromatic N) is 1. The number of aromatic amines is 1. The van der Waals surface area contributed by atoms with Gasteiger partial charge >= 0.3 is 0 Å². The van der Waals surface area contributed by atoms with Gasteiger partial charge in [0.2, 0.25) is 6.43 Å². The maximum atomic E-state index is 12.4. The minimum Gasteiger partial charge on any atom is -0.358 e. The third-order valence-electron chi connectivity index (χ3n) is 3.85. The Morgan fingerprint density at radius 3 is 2.57 bits per heavy atom. The molecule has 0 fully saturated rings. The number of nitrogens with one attached hydrogen (secondary N) is 1. The van der Waals surface area contributed by atoms with Crippen molar-refractivity contribution in [3.63, 3.8) is 0 Å². The van der Waals surface area contributed by atoms with Crippen molar-refractivity contribution in [2.45, 2.75) is 32.6 Å². The molecule has 0 aliphatic rings. The van der Waals surface area contributed by atoms with Crippen LogP contribution < -0.4 is 0 Å². The van der Waals surface area contributed by atoms with Crippen LogP contribution in [0.15, 0.2) is 36.5 Å².